The lowest BCUT2D eigenvalue weighted by molar-refractivity contribution is -0.128. The van der Waals surface area contributed by atoms with Gasteiger partial charge < -0.3 is 14.2 Å². The lowest BCUT2D eigenvalue weighted by Gasteiger charge is -2.31. The van der Waals surface area contributed by atoms with Crippen molar-refractivity contribution in [1.82, 2.24) is 15.0 Å². The van der Waals surface area contributed by atoms with E-state index in [0.29, 0.717) is 26.2 Å². The number of hydrogen-bond acceptors (Lipinski definition) is 5. The Morgan fingerprint density at radius 3 is 2.71 bits per heavy atom. The van der Waals surface area contributed by atoms with Crippen molar-refractivity contribution in [2.45, 2.75) is 40.3 Å². The minimum absolute atomic E-state index is 0.144. The first-order chi connectivity index (χ1) is 13.5. The van der Waals surface area contributed by atoms with Crippen LogP contribution in [0.1, 0.15) is 34.6 Å². The topological polar surface area (TPSA) is 58.8 Å². The second-order valence-corrected chi connectivity index (χ2v) is 8.42. The van der Waals surface area contributed by atoms with E-state index in [1.54, 1.807) is 0 Å². The highest BCUT2D eigenvalue weighted by Gasteiger charge is 2.45. The van der Waals surface area contributed by atoms with E-state index < -0.39 is 0 Å². The van der Waals surface area contributed by atoms with E-state index in [1.807, 2.05) is 18.7 Å². The number of nitrogens with zero attached hydrogens (tertiary/aromatic N) is 3. The minimum Gasteiger partial charge on any atom is -0.379 e. The summed E-state index contributed by atoms with van der Waals surface area (Å²) in [6.45, 7) is 11.3. The van der Waals surface area contributed by atoms with E-state index >= 15 is 0 Å². The Hall–Kier alpha value is -2.18. The van der Waals surface area contributed by atoms with Crippen molar-refractivity contribution in [3.63, 3.8) is 0 Å². The number of amides is 1. The van der Waals surface area contributed by atoms with Crippen molar-refractivity contribution < 1.29 is 14.1 Å². The van der Waals surface area contributed by atoms with Crippen LogP contribution in [0.4, 0.5) is 0 Å². The first kappa shape index (κ1) is 19.2. The van der Waals surface area contributed by atoms with Gasteiger partial charge >= 0.3 is 0 Å². The van der Waals surface area contributed by atoms with Crippen molar-refractivity contribution in [1.29, 1.82) is 0 Å². The molecule has 6 nitrogen and oxygen atoms in total. The molecular weight excluding hydrogens is 354 g/mol. The van der Waals surface area contributed by atoms with Gasteiger partial charge in [0, 0.05) is 43.6 Å². The molecule has 2 fully saturated rings. The molecule has 0 N–H and O–H groups in total. The van der Waals surface area contributed by atoms with Crippen molar-refractivity contribution in [3.8, 4) is 0 Å². The van der Waals surface area contributed by atoms with Crippen LogP contribution in [-0.4, -0.2) is 53.7 Å². The van der Waals surface area contributed by atoms with Gasteiger partial charge in [-0.2, -0.15) is 0 Å². The third kappa shape index (κ3) is 3.84. The molecule has 1 atom stereocenters. The molecule has 28 heavy (non-hydrogen) atoms. The van der Waals surface area contributed by atoms with Crippen molar-refractivity contribution in [2.24, 2.45) is 5.41 Å². The van der Waals surface area contributed by atoms with Crippen LogP contribution in [0.5, 0.6) is 0 Å². The average molecular weight is 383 g/mol. The number of carbonyl (C=O) groups is 1. The summed E-state index contributed by atoms with van der Waals surface area (Å²) >= 11 is 0. The molecule has 150 valence electrons. The first-order valence-electron chi connectivity index (χ1n) is 10.00. The second kappa shape index (κ2) is 7.68. The highest BCUT2D eigenvalue weighted by atomic mass is 16.5. The van der Waals surface area contributed by atoms with Crippen LogP contribution in [-0.2, 0) is 22.6 Å². The molecule has 2 aromatic rings. The maximum Gasteiger partial charge on any atom is 0.223 e. The summed E-state index contributed by atoms with van der Waals surface area (Å²) in [6.07, 6.45) is 0.542. The van der Waals surface area contributed by atoms with Gasteiger partial charge in [-0.3, -0.25) is 9.69 Å². The smallest absolute Gasteiger partial charge is 0.223 e. The molecule has 1 amide bonds. The Morgan fingerprint density at radius 1 is 1.14 bits per heavy atom. The second-order valence-electron chi connectivity index (χ2n) is 8.42. The molecule has 2 aliphatic heterocycles. The van der Waals surface area contributed by atoms with Gasteiger partial charge in [-0.05, 0) is 31.9 Å². The van der Waals surface area contributed by atoms with Crippen LogP contribution >= 0.6 is 0 Å². The van der Waals surface area contributed by atoms with Crippen LogP contribution < -0.4 is 0 Å². The van der Waals surface area contributed by atoms with Gasteiger partial charge in [0.25, 0.3) is 0 Å². The molecule has 0 bridgehead atoms. The summed E-state index contributed by atoms with van der Waals surface area (Å²) in [4.78, 5) is 17.2. The average Bonchev–Trinajstić information content (AvgIpc) is 3.05. The summed E-state index contributed by atoms with van der Waals surface area (Å²) in [5, 5.41) is 4.02. The van der Waals surface area contributed by atoms with E-state index in [4.69, 9.17) is 9.26 Å². The predicted molar refractivity (Wildman–Crippen MR) is 106 cm³/mol. The van der Waals surface area contributed by atoms with Crippen LogP contribution in [0.25, 0.3) is 0 Å². The summed E-state index contributed by atoms with van der Waals surface area (Å²) in [6, 6.07) is 8.52. The highest BCUT2D eigenvalue weighted by molar-refractivity contribution is 5.79. The molecule has 0 radical (unpaired) electrons. The molecule has 0 unspecified atom stereocenters. The Kier molecular flexibility index (Phi) is 5.25. The molecule has 2 aliphatic rings. The van der Waals surface area contributed by atoms with Gasteiger partial charge in [0.1, 0.15) is 5.76 Å². The van der Waals surface area contributed by atoms with Crippen LogP contribution in [0.15, 0.2) is 28.8 Å². The normalized spacial score (nSPS) is 23.5. The zero-order valence-corrected chi connectivity index (χ0v) is 17.0. The maximum atomic E-state index is 12.8. The summed E-state index contributed by atoms with van der Waals surface area (Å²) in [5.74, 6) is 0.992. The van der Waals surface area contributed by atoms with Gasteiger partial charge in [0.05, 0.1) is 25.5 Å². The fraction of sp³-hybridized carbons (Fsp3) is 0.545. The third-order valence-corrected chi connectivity index (χ3v) is 6.11. The molecule has 2 saturated heterocycles. The summed E-state index contributed by atoms with van der Waals surface area (Å²) < 4.78 is 11.2. The lowest BCUT2D eigenvalue weighted by atomic mass is 9.87. The first-order valence-corrected chi connectivity index (χ1v) is 10.00. The standard InChI is InChI=1S/C22H29N3O3/c1-16-6-4-5-7-19(16)11-24-8-9-27-15-22(13-24)10-21(26)25(14-22)12-20-17(2)23-28-18(20)3/h4-7H,8-15H2,1-3H3/t22-/m1/s1. The number of rotatable bonds is 4. The molecule has 1 spiro atoms. The van der Waals surface area contributed by atoms with Crippen molar-refractivity contribution >= 4 is 5.91 Å². The molecule has 1 aromatic carbocycles. The zero-order valence-electron chi connectivity index (χ0n) is 17.0. The lowest BCUT2D eigenvalue weighted by Crippen LogP contribution is -2.40. The molecule has 6 heteroatoms. The van der Waals surface area contributed by atoms with Crippen molar-refractivity contribution in [2.75, 3.05) is 32.8 Å². The number of benzene rings is 1. The van der Waals surface area contributed by atoms with Crippen LogP contribution in [0.3, 0.4) is 0 Å². The monoisotopic (exact) mass is 383 g/mol. The highest BCUT2D eigenvalue weighted by Crippen LogP contribution is 2.36. The SMILES string of the molecule is Cc1ccccc1CN1CCOC[C@]2(CC(=O)N(Cc3c(C)noc3C)C2)C1. The third-order valence-electron chi connectivity index (χ3n) is 6.11. The van der Waals surface area contributed by atoms with Crippen LogP contribution in [0.2, 0.25) is 0 Å². The van der Waals surface area contributed by atoms with Gasteiger partial charge in [0.2, 0.25) is 5.91 Å². The summed E-state index contributed by atoms with van der Waals surface area (Å²) in [5.41, 5.74) is 4.40. The number of aromatic nitrogens is 1. The Bertz CT molecular complexity index is 843. The number of ether oxygens (including phenoxy) is 1. The van der Waals surface area contributed by atoms with Gasteiger partial charge in [0.15, 0.2) is 0 Å². The van der Waals surface area contributed by atoms with E-state index in [9.17, 15) is 4.79 Å². The quantitative estimate of drug-likeness (QED) is 0.813. The number of hydrogen-bond donors (Lipinski definition) is 0. The van der Waals surface area contributed by atoms with Gasteiger partial charge in [-0.15, -0.1) is 0 Å². The minimum atomic E-state index is -0.144. The van der Waals surface area contributed by atoms with E-state index in [-0.39, 0.29) is 11.3 Å². The van der Waals surface area contributed by atoms with Crippen LogP contribution in [0, 0.1) is 26.2 Å². The fourth-order valence-electron chi connectivity index (χ4n) is 4.49. The maximum absolute atomic E-state index is 12.8. The molecule has 1 aromatic heterocycles. The molecule has 0 saturated carbocycles. The van der Waals surface area contributed by atoms with E-state index in [1.165, 1.54) is 11.1 Å². The number of aryl methyl sites for hydroxylation is 3. The summed E-state index contributed by atoms with van der Waals surface area (Å²) in [7, 11) is 0. The fourth-order valence-corrected chi connectivity index (χ4v) is 4.49. The number of likely N-dealkylation sites (tertiary alicyclic amines) is 1. The Morgan fingerprint density at radius 2 is 1.96 bits per heavy atom. The van der Waals surface area contributed by atoms with Gasteiger partial charge in [-0.1, -0.05) is 29.4 Å². The number of carbonyl (C=O) groups excluding carboxylic acids is 1. The molecule has 4 rings (SSSR count). The Labute approximate surface area is 166 Å². The van der Waals surface area contributed by atoms with Gasteiger partial charge in [-0.25, -0.2) is 0 Å². The molecule has 0 aliphatic carbocycles. The zero-order chi connectivity index (χ0) is 19.7. The molecule has 3 heterocycles. The van der Waals surface area contributed by atoms with E-state index in [2.05, 4.69) is 41.2 Å². The largest absolute Gasteiger partial charge is 0.379 e. The van der Waals surface area contributed by atoms with Crippen molar-refractivity contribution in [3.05, 3.63) is 52.4 Å². The Balaban J connectivity index is 1.49. The predicted octanol–water partition coefficient (Wildman–Crippen LogP) is 2.85. The van der Waals surface area contributed by atoms with E-state index in [0.717, 1.165) is 43.2 Å². The molecular formula is C22H29N3O3.